The van der Waals surface area contributed by atoms with E-state index in [0.29, 0.717) is 18.0 Å². The first-order valence-corrected chi connectivity index (χ1v) is 7.87. The van der Waals surface area contributed by atoms with Crippen molar-refractivity contribution < 1.29 is 0 Å². The number of likely N-dealkylation sites (N-methyl/N-ethyl adjacent to an activating group) is 2. The van der Waals surface area contributed by atoms with Gasteiger partial charge < -0.3 is 10.2 Å². The molecule has 2 heteroatoms. The second-order valence-corrected chi connectivity index (χ2v) is 6.46. The van der Waals surface area contributed by atoms with Crippen LogP contribution in [0.15, 0.2) is 18.2 Å². The lowest BCUT2D eigenvalue weighted by Crippen LogP contribution is -2.40. The van der Waals surface area contributed by atoms with Crippen molar-refractivity contribution >= 4 is 0 Å². The molecule has 0 aliphatic carbocycles. The molecule has 2 atom stereocenters. The molecular weight excluding hydrogens is 244 g/mol. The maximum atomic E-state index is 3.64. The van der Waals surface area contributed by atoms with Crippen molar-refractivity contribution in [3.63, 3.8) is 0 Å². The molecule has 0 amide bonds. The van der Waals surface area contributed by atoms with Gasteiger partial charge in [-0.2, -0.15) is 0 Å². The Hall–Kier alpha value is -0.860. The van der Waals surface area contributed by atoms with E-state index in [1.54, 1.807) is 0 Å². The first kappa shape index (κ1) is 17.2. The summed E-state index contributed by atoms with van der Waals surface area (Å²) in [4.78, 5) is 2.47. The minimum absolute atomic E-state index is 0.407. The molecule has 0 saturated heterocycles. The molecule has 0 saturated carbocycles. The van der Waals surface area contributed by atoms with E-state index in [0.717, 1.165) is 13.1 Å². The number of hydrogen-bond acceptors (Lipinski definition) is 2. The fourth-order valence-corrected chi connectivity index (χ4v) is 2.71. The van der Waals surface area contributed by atoms with Gasteiger partial charge in [-0.05, 0) is 45.8 Å². The third kappa shape index (κ3) is 4.92. The average molecular weight is 276 g/mol. The first-order chi connectivity index (χ1) is 9.35. The van der Waals surface area contributed by atoms with Crippen LogP contribution in [0.3, 0.4) is 0 Å². The SMILES string of the molecule is CCNC(CN(C)C(C)C(C)C)c1cc(C)cc(C)c1. The molecule has 1 rings (SSSR count). The maximum Gasteiger partial charge on any atom is 0.0449 e. The van der Waals surface area contributed by atoms with Crippen LogP contribution in [0.1, 0.15) is 50.4 Å². The van der Waals surface area contributed by atoms with Crippen LogP contribution >= 0.6 is 0 Å². The van der Waals surface area contributed by atoms with Crippen LogP contribution in [0.25, 0.3) is 0 Å². The number of nitrogens with zero attached hydrogens (tertiary/aromatic N) is 1. The van der Waals surface area contributed by atoms with E-state index in [1.807, 2.05) is 0 Å². The largest absolute Gasteiger partial charge is 0.309 e. The first-order valence-electron chi connectivity index (χ1n) is 7.87. The lowest BCUT2D eigenvalue weighted by molar-refractivity contribution is 0.188. The third-order valence-electron chi connectivity index (χ3n) is 4.23. The second-order valence-electron chi connectivity index (χ2n) is 6.46. The summed E-state index contributed by atoms with van der Waals surface area (Å²) in [6.07, 6.45) is 0. The van der Waals surface area contributed by atoms with Gasteiger partial charge in [-0.25, -0.2) is 0 Å². The topological polar surface area (TPSA) is 15.3 Å². The molecule has 2 nitrogen and oxygen atoms in total. The van der Waals surface area contributed by atoms with E-state index in [-0.39, 0.29) is 0 Å². The van der Waals surface area contributed by atoms with Crippen molar-refractivity contribution in [3.05, 3.63) is 34.9 Å². The van der Waals surface area contributed by atoms with Crippen LogP contribution in [0.4, 0.5) is 0 Å². The van der Waals surface area contributed by atoms with E-state index in [9.17, 15) is 0 Å². The van der Waals surface area contributed by atoms with E-state index in [4.69, 9.17) is 0 Å². The molecule has 0 aromatic heterocycles. The Morgan fingerprint density at radius 1 is 1.05 bits per heavy atom. The standard InChI is InChI=1S/C18H32N2/c1-8-19-18(12-20(7)16(6)13(2)3)17-10-14(4)9-15(5)11-17/h9-11,13,16,18-19H,8,12H2,1-7H3. The molecule has 2 unspecified atom stereocenters. The summed E-state index contributed by atoms with van der Waals surface area (Å²) in [7, 11) is 2.23. The van der Waals surface area contributed by atoms with Crippen LogP contribution in [0, 0.1) is 19.8 Å². The van der Waals surface area contributed by atoms with Crippen molar-refractivity contribution in [2.45, 2.75) is 53.6 Å². The Bertz CT molecular complexity index is 392. The van der Waals surface area contributed by atoms with Crippen LogP contribution in [0.5, 0.6) is 0 Å². The van der Waals surface area contributed by atoms with Gasteiger partial charge in [-0.1, -0.05) is 50.1 Å². The second kappa shape index (κ2) is 7.80. The Kier molecular flexibility index (Phi) is 6.70. The van der Waals surface area contributed by atoms with E-state index in [2.05, 4.69) is 77.0 Å². The van der Waals surface area contributed by atoms with E-state index in [1.165, 1.54) is 16.7 Å². The van der Waals surface area contributed by atoms with Crippen molar-refractivity contribution in [2.24, 2.45) is 5.92 Å². The molecule has 0 bridgehead atoms. The number of aryl methyl sites for hydroxylation is 2. The summed E-state index contributed by atoms with van der Waals surface area (Å²) >= 11 is 0. The molecule has 1 aromatic carbocycles. The molecule has 1 aromatic rings. The summed E-state index contributed by atoms with van der Waals surface area (Å²) in [5.41, 5.74) is 4.11. The van der Waals surface area contributed by atoms with Crippen molar-refractivity contribution in [1.29, 1.82) is 0 Å². The van der Waals surface area contributed by atoms with Crippen molar-refractivity contribution in [1.82, 2.24) is 10.2 Å². The molecule has 0 radical (unpaired) electrons. The molecule has 0 aliphatic heterocycles. The highest BCUT2D eigenvalue weighted by Crippen LogP contribution is 2.20. The Morgan fingerprint density at radius 2 is 1.60 bits per heavy atom. The molecular formula is C18H32N2. The zero-order chi connectivity index (χ0) is 15.3. The van der Waals surface area contributed by atoms with Crippen molar-refractivity contribution in [2.75, 3.05) is 20.1 Å². The quantitative estimate of drug-likeness (QED) is 0.811. The highest BCUT2D eigenvalue weighted by Gasteiger charge is 2.19. The Morgan fingerprint density at radius 3 is 2.05 bits per heavy atom. The van der Waals surface area contributed by atoms with Gasteiger partial charge in [0.05, 0.1) is 0 Å². The lowest BCUT2D eigenvalue weighted by atomic mass is 9.99. The summed E-state index contributed by atoms with van der Waals surface area (Å²) in [5.74, 6) is 0.682. The van der Waals surface area contributed by atoms with Gasteiger partial charge >= 0.3 is 0 Å². The molecule has 0 aliphatic rings. The lowest BCUT2D eigenvalue weighted by Gasteiger charge is -2.32. The maximum absolute atomic E-state index is 3.64. The molecule has 0 heterocycles. The fourth-order valence-electron chi connectivity index (χ4n) is 2.71. The van der Waals surface area contributed by atoms with Gasteiger partial charge in [0, 0.05) is 18.6 Å². The Labute approximate surface area is 125 Å². The van der Waals surface area contributed by atoms with Gasteiger partial charge in [-0.15, -0.1) is 0 Å². The smallest absolute Gasteiger partial charge is 0.0449 e. The minimum atomic E-state index is 0.407. The monoisotopic (exact) mass is 276 g/mol. The van der Waals surface area contributed by atoms with Gasteiger partial charge in [0.2, 0.25) is 0 Å². The molecule has 0 spiro atoms. The summed E-state index contributed by atoms with van der Waals surface area (Å²) in [6.45, 7) is 15.5. The molecule has 20 heavy (non-hydrogen) atoms. The fraction of sp³-hybridized carbons (Fsp3) is 0.667. The van der Waals surface area contributed by atoms with Gasteiger partial charge in [-0.3, -0.25) is 0 Å². The number of nitrogens with one attached hydrogen (secondary N) is 1. The molecule has 114 valence electrons. The predicted molar refractivity (Wildman–Crippen MR) is 89.3 cm³/mol. The van der Waals surface area contributed by atoms with Gasteiger partial charge in [0.15, 0.2) is 0 Å². The summed E-state index contributed by atoms with van der Waals surface area (Å²) in [5, 5.41) is 3.64. The van der Waals surface area contributed by atoms with Crippen LogP contribution in [-0.2, 0) is 0 Å². The highest BCUT2D eigenvalue weighted by atomic mass is 15.2. The number of benzene rings is 1. The summed E-state index contributed by atoms with van der Waals surface area (Å²) in [6, 6.07) is 7.88. The summed E-state index contributed by atoms with van der Waals surface area (Å²) < 4.78 is 0. The van der Waals surface area contributed by atoms with E-state index < -0.39 is 0 Å². The molecule has 1 N–H and O–H groups in total. The predicted octanol–water partition coefficient (Wildman–Crippen LogP) is 3.93. The average Bonchev–Trinajstić information content (AvgIpc) is 2.35. The zero-order valence-corrected chi connectivity index (χ0v) is 14.3. The third-order valence-corrected chi connectivity index (χ3v) is 4.23. The van der Waals surface area contributed by atoms with E-state index >= 15 is 0 Å². The van der Waals surface area contributed by atoms with Gasteiger partial charge in [0.1, 0.15) is 0 Å². The number of rotatable bonds is 7. The zero-order valence-electron chi connectivity index (χ0n) is 14.3. The number of hydrogen-bond donors (Lipinski definition) is 1. The highest BCUT2D eigenvalue weighted by molar-refractivity contribution is 5.31. The Balaban J connectivity index is 2.88. The van der Waals surface area contributed by atoms with Gasteiger partial charge in [0.25, 0.3) is 0 Å². The van der Waals surface area contributed by atoms with Crippen LogP contribution in [0.2, 0.25) is 0 Å². The van der Waals surface area contributed by atoms with Crippen molar-refractivity contribution in [3.8, 4) is 0 Å². The normalized spacial score (nSPS) is 14.8. The molecule has 0 fully saturated rings. The van der Waals surface area contributed by atoms with Crippen LogP contribution < -0.4 is 5.32 Å². The van der Waals surface area contributed by atoms with Crippen LogP contribution in [-0.4, -0.2) is 31.1 Å². The minimum Gasteiger partial charge on any atom is -0.309 e.